The van der Waals surface area contributed by atoms with Gasteiger partial charge in [0.1, 0.15) is 0 Å². The van der Waals surface area contributed by atoms with Crippen molar-refractivity contribution in [3.63, 3.8) is 0 Å². The minimum absolute atomic E-state index is 0.330. The number of nitrogens with one attached hydrogen (secondary N) is 1. The number of nitrogens with zero attached hydrogens (tertiary/aromatic N) is 2. The van der Waals surface area contributed by atoms with Crippen LogP contribution in [-0.2, 0) is 12.5 Å². The van der Waals surface area contributed by atoms with Crippen molar-refractivity contribution in [2.45, 2.75) is 25.2 Å². The summed E-state index contributed by atoms with van der Waals surface area (Å²) in [4.78, 5) is 0. The first-order valence-corrected chi connectivity index (χ1v) is 4.92. The summed E-state index contributed by atoms with van der Waals surface area (Å²) in [6.07, 6.45) is 4.32. The van der Waals surface area contributed by atoms with E-state index in [1.165, 1.54) is 18.5 Å². The lowest BCUT2D eigenvalue weighted by atomic mass is 9.78. The summed E-state index contributed by atoms with van der Waals surface area (Å²) in [7, 11) is 2.03. The highest BCUT2D eigenvalue weighted by Crippen LogP contribution is 2.31. The highest BCUT2D eigenvalue weighted by atomic mass is 15.3. The number of piperidine rings is 1. The van der Waals surface area contributed by atoms with Gasteiger partial charge in [0.2, 0.25) is 0 Å². The van der Waals surface area contributed by atoms with E-state index in [1.807, 2.05) is 17.9 Å². The standard InChI is InChI=1S/C10H17N3/c1-10(4-7-11-8-5-10)9-3-6-12-13(9)2/h3,6,11H,4-5,7-8H2,1-2H3. The molecule has 0 aromatic carbocycles. The van der Waals surface area contributed by atoms with E-state index in [1.54, 1.807) is 0 Å². The molecule has 1 aromatic heterocycles. The van der Waals surface area contributed by atoms with Crippen LogP contribution in [0.2, 0.25) is 0 Å². The average molecular weight is 179 g/mol. The minimum Gasteiger partial charge on any atom is -0.317 e. The van der Waals surface area contributed by atoms with E-state index in [4.69, 9.17) is 0 Å². The van der Waals surface area contributed by atoms with Crippen molar-refractivity contribution in [3.05, 3.63) is 18.0 Å². The van der Waals surface area contributed by atoms with Gasteiger partial charge < -0.3 is 5.32 Å². The number of aryl methyl sites for hydroxylation is 1. The topological polar surface area (TPSA) is 29.9 Å². The fraction of sp³-hybridized carbons (Fsp3) is 0.700. The Kier molecular flexibility index (Phi) is 2.12. The van der Waals surface area contributed by atoms with Crippen molar-refractivity contribution >= 4 is 0 Å². The summed E-state index contributed by atoms with van der Waals surface area (Å²) in [5.41, 5.74) is 1.70. The Morgan fingerprint density at radius 3 is 2.69 bits per heavy atom. The van der Waals surface area contributed by atoms with Crippen molar-refractivity contribution in [2.24, 2.45) is 7.05 Å². The summed E-state index contributed by atoms with van der Waals surface area (Å²) in [6, 6.07) is 2.14. The summed E-state index contributed by atoms with van der Waals surface area (Å²) in [5, 5.41) is 7.62. The number of hydrogen-bond donors (Lipinski definition) is 1. The van der Waals surface area contributed by atoms with Crippen LogP contribution in [0.5, 0.6) is 0 Å². The highest BCUT2D eigenvalue weighted by Gasteiger charge is 2.30. The fourth-order valence-electron chi connectivity index (χ4n) is 2.20. The van der Waals surface area contributed by atoms with Gasteiger partial charge in [0, 0.05) is 24.4 Å². The van der Waals surface area contributed by atoms with Crippen LogP contribution in [0.15, 0.2) is 12.3 Å². The molecule has 3 nitrogen and oxygen atoms in total. The molecule has 0 amide bonds. The van der Waals surface area contributed by atoms with Crippen LogP contribution in [-0.4, -0.2) is 22.9 Å². The van der Waals surface area contributed by atoms with Gasteiger partial charge in [-0.25, -0.2) is 0 Å². The van der Waals surface area contributed by atoms with Gasteiger partial charge in [-0.3, -0.25) is 4.68 Å². The largest absolute Gasteiger partial charge is 0.317 e. The zero-order valence-corrected chi connectivity index (χ0v) is 8.38. The molecule has 0 unspecified atom stereocenters. The van der Waals surface area contributed by atoms with Gasteiger partial charge in [0.25, 0.3) is 0 Å². The van der Waals surface area contributed by atoms with Gasteiger partial charge in [0.05, 0.1) is 0 Å². The first-order chi connectivity index (χ1) is 6.22. The maximum Gasteiger partial charge on any atom is 0.0492 e. The molecule has 1 aromatic rings. The maximum absolute atomic E-state index is 4.23. The van der Waals surface area contributed by atoms with Crippen LogP contribution < -0.4 is 5.32 Å². The third-order valence-electron chi connectivity index (χ3n) is 3.15. The van der Waals surface area contributed by atoms with Crippen LogP contribution in [0.3, 0.4) is 0 Å². The minimum atomic E-state index is 0.330. The van der Waals surface area contributed by atoms with Crippen molar-refractivity contribution in [2.75, 3.05) is 13.1 Å². The van der Waals surface area contributed by atoms with Gasteiger partial charge >= 0.3 is 0 Å². The Labute approximate surface area is 79.1 Å². The summed E-state index contributed by atoms with van der Waals surface area (Å²) in [6.45, 7) is 4.59. The first kappa shape index (κ1) is 8.75. The monoisotopic (exact) mass is 179 g/mol. The molecule has 2 rings (SSSR count). The zero-order chi connectivity index (χ0) is 9.31. The van der Waals surface area contributed by atoms with E-state index >= 15 is 0 Å². The average Bonchev–Trinajstić information content (AvgIpc) is 2.53. The second-order valence-corrected chi connectivity index (χ2v) is 4.15. The molecule has 0 atom stereocenters. The van der Waals surface area contributed by atoms with E-state index < -0.39 is 0 Å². The van der Waals surface area contributed by atoms with E-state index in [9.17, 15) is 0 Å². The second-order valence-electron chi connectivity index (χ2n) is 4.15. The SMILES string of the molecule is Cn1nccc1C1(C)CCNCC1. The second kappa shape index (κ2) is 3.14. The number of aromatic nitrogens is 2. The molecule has 1 saturated heterocycles. The quantitative estimate of drug-likeness (QED) is 0.698. The normalized spacial score (nSPS) is 21.7. The van der Waals surface area contributed by atoms with Gasteiger partial charge in [0.15, 0.2) is 0 Å². The molecule has 1 aliphatic rings. The molecule has 0 bridgehead atoms. The molecule has 3 heteroatoms. The molecule has 72 valence electrons. The lowest BCUT2D eigenvalue weighted by Gasteiger charge is -2.34. The van der Waals surface area contributed by atoms with Crippen molar-refractivity contribution in [1.82, 2.24) is 15.1 Å². The summed E-state index contributed by atoms with van der Waals surface area (Å²) in [5.74, 6) is 0. The van der Waals surface area contributed by atoms with Crippen molar-refractivity contribution < 1.29 is 0 Å². The van der Waals surface area contributed by atoms with Gasteiger partial charge in [-0.2, -0.15) is 5.10 Å². The van der Waals surface area contributed by atoms with E-state index in [-0.39, 0.29) is 0 Å². The van der Waals surface area contributed by atoms with Crippen LogP contribution in [0, 0.1) is 0 Å². The smallest absolute Gasteiger partial charge is 0.0492 e. The lowest BCUT2D eigenvalue weighted by molar-refractivity contribution is 0.317. The van der Waals surface area contributed by atoms with E-state index in [2.05, 4.69) is 23.4 Å². The third kappa shape index (κ3) is 1.48. The Balaban J connectivity index is 2.27. The van der Waals surface area contributed by atoms with Crippen molar-refractivity contribution in [1.29, 1.82) is 0 Å². The molecule has 0 saturated carbocycles. The van der Waals surface area contributed by atoms with Gasteiger partial charge in [-0.15, -0.1) is 0 Å². The lowest BCUT2D eigenvalue weighted by Crippen LogP contribution is -2.38. The van der Waals surface area contributed by atoms with Crippen LogP contribution in [0.1, 0.15) is 25.5 Å². The fourth-order valence-corrected chi connectivity index (χ4v) is 2.20. The predicted molar refractivity (Wildman–Crippen MR) is 52.7 cm³/mol. The molecule has 2 heterocycles. The Morgan fingerprint density at radius 2 is 2.15 bits per heavy atom. The van der Waals surface area contributed by atoms with Gasteiger partial charge in [-0.1, -0.05) is 6.92 Å². The van der Waals surface area contributed by atoms with E-state index in [0.717, 1.165) is 13.1 Å². The zero-order valence-electron chi connectivity index (χ0n) is 8.38. The Bertz CT molecular complexity index is 284. The maximum atomic E-state index is 4.23. The molecule has 0 aliphatic carbocycles. The van der Waals surface area contributed by atoms with Gasteiger partial charge in [-0.05, 0) is 32.0 Å². The highest BCUT2D eigenvalue weighted by molar-refractivity contribution is 5.15. The Morgan fingerprint density at radius 1 is 1.46 bits per heavy atom. The molecular weight excluding hydrogens is 162 g/mol. The predicted octanol–water partition coefficient (Wildman–Crippen LogP) is 1.06. The number of rotatable bonds is 1. The Hall–Kier alpha value is -0.830. The summed E-state index contributed by atoms with van der Waals surface area (Å²) < 4.78 is 2.01. The first-order valence-electron chi connectivity index (χ1n) is 4.92. The molecule has 1 N–H and O–H groups in total. The van der Waals surface area contributed by atoms with Crippen LogP contribution in [0.25, 0.3) is 0 Å². The van der Waals surface area contributed by atoms with Crippen LogP contribution >= 0.6 is 0 Å². The van der Waals surface area contributed by atoms with E-state index in [0.29, 0.717) is 5.41 Å². The molecule has 13 heavy (non-hydrogen) atoms. The molecular formula is C10H17N3. The van der Waals surface area contributed by atoms with Crippen molar-refractivity contribution in [3.8, 4) is 0 Å². The summed E-state index contributed by atoms with van der Waals surface area (Å²) >= 11 is 0. The van der Waals surface area contributed by atoms with Crippen LogP contribution in [0.4, 0.5) is 0 Å². The molecule has 0 spiro atoms. The number of hydrogen-bond acceptors (Lipinski definition) is 2. The third-order valence-corrected chi connectivity index (χ3v) is 3.15. The molecule has 0 radical (unpaired) electrons. The molecule has 1 fully saturated rings. The molecule has 1 aliphatic heterocycles.